The van der Waals surface area contributed by atoms with Crippen LogP contribution in [0.3, 0.4) is 0 Å². The fraction of sp³-hybridized carbons (Fsp3) is 0.417. The third kappa shape index (κ3) is 15.6. The van der Waals surface area contributed by atoms with Gasteiger partial charge >= 0.3 is 6.16 Å². The molecule has 0 aliphatic heterocycles. The van der Waals surface area contributed by atoms with Crippen LogP contribution in [0.4, 0.5) is 16.3 Å². The summed E-state index contributed by atoms with van der Waals surface area (Å²) >= 11 is 0. The number of benzene rings is 2. The number of aromatic nitrogens is 1. The van der Waals surface area contributed by atoms with Gasteiger partial charge in [-0.1, -0.05) is 62.9 Å². The second-order valence-corrected chi connectivity index (χ2v) is 13.1. The Bertz CT molecular complexity index is 1670. The van der Waals surface area contributed by atoms with Crippen molar-refractivity contribution in [3.05, 3.63) is 83.6 Å². The number of carbonyl (C=O) groups excluding carboxylic acids is 3. The number of hydrazone groups is 1. The van der Waals surface area contributed by atoms with E-state index in [1.54, 1.807) is 12.1 Å². The van der Waals surface area contributed by atoms with Crippen molar-refractivity contribution in [3.8, 4) is 0 Å². The third-order valence-corrected chi connectivity index (χ3v) is 8.69. The Labute approximate surface area is 299 Å². The largest absolute Gasteiger partial charge is 0.508 e. The Morgan fingerprint density at radius 3 is 2.35 bits per heavy atom. The molecule has 1 heterocycles. The average molecular weight is 725 g/mol. The molecule has 0 spiro atoms. The molecule has 3 rings (SSSR count). The lowest BCUT2D eigenvalue weighted by atomic mass is 10.0. The summed E-state index contributed by atoms with van der Waals surface area (Å²) in [5.41, 5.74) is 5.00. The van der Waals surface area contributed by atoms with Crippen LogP contribution < -0.4 is 21.4 Å². The van der Waals surface area contributed by atoms with Gasteiger partial charge in [-0.25, -0.2) is 9.78 Å². The highest BCUT2D eigenvalue weighted by molar-refractivity contribution is 7.86. The minimum Gasteiger partial charge on any atom is -0.431 e. The van der Waals surface area contributed by atoms with Gasteiger partial charge in [-0.05, 0) is 61.6 Å². The summed E-state index contributed by atoms with van der Waals surface area (Å²) in [6, 6.07) is 16.5. The number of hydrogen-bond donors (Lipinski definition) is 5. The predicted octanol–water partition coefficient (Wildman–Crippen LogP) is 5.91. The Morgan fingerprint density at radius 1 is 0.922 bits per heavy atom. The van der Waals surface area contributed by atoms with Gasteiger partial charge in [-0.15, -0.1) is 0 Å². The van der Waals surface area contributed by atoms with E-state index in [-0.39, 0.29) is 48.1 Å². The molecule has 2 amide bonds. The van der Waals surface area contributed by atoms with E-state index in [0.29, 0.717) is 17.8 Å². The molecule has 276 valence electrons. The summed E-state index contributed by atoms with van der Waals surface area (Å²) in [6.45, 7) is 2.78. The number of amides is 2. The Hall–Kier alpha value is -5.02. The molecule has 1 unspecified atom stereocenters. The summed E-state index contributed by atoms with van der Waals surface area (Å²) < 4.78 is 43.2. The number of hydrogen-bond acceptors (Lipinski definition) is 11. The maximum absolute atomic E-state index is 12.4. The first-order chi connectivity index (χ1) is 24.6. The van der Waals surface area contributed by atoms with E-state index in [0.717, 1.165) is 62.6 Å². The molecule has 0 fully saturated rings. The first kappa shape index (κ1) is 40.4. The molecule has 1 atom stereocenters. The fourth-order valence-corrected chi connectivity index (χ4v) is 5.61. The Morgan fingerprint density at radius 2 is 1.65 bits per heavy atom. The van der Waals surface area contributed by atoms with Crippen LogP contribution in [0.2, 0.25) is 0 Å². The normalized spacial score (nSPS) is 11.8. The number of nitrogens with one attached hydrogen (secondary N) is 4. The van der Waals surface area contributed by atoms with Gasteiger partial charge in [-0.3, -0.25) is 19.6 Å². The standard InChI is InChI=1S/C36H48N6O8S/c1-3-4-12-31(50-36(45)49-26-27-16-19-30(37-2)20-17-27)13-7-5-6-8-15-34(43)38-22-23-39-35(44)29-18-21-33(40-24-29)42-41-25-28-11-9-10-14-32(28)51(46,47)48/h9-11,14,16-21,24-25,31,37H,3-8,12-13,15,22-23,26H2,1-2H3,(H,38,43)(H,39,44)(H,40,42)(H,46,47,48)/b41-25+. The molecule has 2 aromatic carbocycles. The lowest BCUT2D eigenvalue weighted by Gasteiger charge is -2.17. The summed E-state index contributed by atoms with van der Waals surface area (Å²) in [4.78, 5) is 40.8. The molecule has 14 nitrogen and oxygen atoms in total. The Balaban J connectivity index is 1.25. The molecule has 0 saturated carbocycles. The van der Waals surface area contributed by atoms with Crippen molar-refractivity contribution in [1.29, 1.82) is 0 Å². The number of rotatable bonds is 22. The van der Waals surface area contributed by atoms with Crippen molar-refractivity contribution >= 4 is 45.8 Å². The van der Waals surface area contributed by atoms with Crippen LogP contribution >= 0.6 is 0 Å². The number of anilines is 2. The monoisotopic (exact) mass is 724 g/mol. The second-order valence-electron chi connectivity index (χ2n) is 11.7. The minimum absolute atomic E-state index is 0.0893. The summed E-state index contributed by atoms with van der Waals surface area (Å²) in [7, 11) is -2.56. The van der Waals surface area contributed by atoms with E-state index in [1.165, 1.54) is 36.7 Å². The van der Waals surface area contributed by atoms with E-state index < -0.39 is 16.3 Å². The van der Waals surface area contributed by atoms with Crippen LogP contribution in [-0.2, 0) is 31.0 Å². The molecule has 1 aromatic heterocycles. The second kappa shape index (κ2) is 21.9. The molecule has 0 aliphatic rings. The van der Waals surface area contributed by atoms with Crippen molar-refractivity contribution in [1.82, 2.24) is 15.6 Å². The predicted molar refractivity (Wildman–Crippen MR) is 195 cm³/mol. The van der Waals surface area contributed by atoms with Gasteiger partial charge < -0.3 is 25.4 Å². The van der Waals surface area contributed by atoms with Gasteiger partial charge in [0.15, 0.2) is 0 Å². The lowest BCUT2D eigenvalue weighted by molar-refractivity contribution is -0.121. The summed E-state index contributed by atoms with van der Waals surface area (Å²) in [6.07, 6.45) is 9.02. The number of ether oxygens (including phenoxy) is 2. The van der Waals surface area contributed by atoms with Gasteiger partial charge in [0.25, 0.3) is 16.0 Å². The van der Waals surface area contributed by atoms with E-state index in [1.807, 2.05) is 31.3 Å². The van der Waals surface area contributed by atoms with Gasteiger partial charge in [0.2, 0.25) is 5.91 Å². The number of carbonyl (C=O) groups is 3. The molecular weight excluding hydrogens is 676 g/mol. The van der Waals surface area contributed by atoms with Gasteiger partial charge in [0, 0.05) is 44.0 Å². The van der Waals surface area contributed by atoms with Crippen LogP contribution in [-0.4, -0.2) is 68.4 Å². The van der Waals surface area contributed by atoms with Crippen LogP contribution in [0.1, 0.15) is 86.2 Å². The molecule has 0 saturated heterocycles. The van der Waals surface area contributed by atoms with Crippen LogP contribution in [0.5, 0.6) is 0 Å². The van der Waals surface area contributed by atoms with E-state index >= 15 is 0 Å². The molecule has 0 bridgehead atoms. The quantitative estimate of drug-likeness (QED) is 0.0271. The maximum Gasteiger partial charge on any atom is 0.508 e. The topological polar surface area (TPSA) is 197 Å². The first-order valence-electron chi connectivity index (χ1n) is 17.1. The van der Waals surface area contributed by atoms with E-state index in [9.17, 15) is 27.4 Å². The highest BCUT2D eigenvalue weighted by Crippen LogP contribution is 2.17. The van der Waals surface area contributed by atoms with Crippen molar-refractivity contribution in [2.45, 2.75) is 82.3 Å². The smallest absolute Gasteiger partial charge is 0.431 e. The molecule has 0 radical (unpaired) electrons. The molecule has 3 aromatic rings. The van der Waals surface area contributed by atoms with Crippen LogP contribution in [0.25, 0.3) is 0 Å². The molecule has 51 heavy (non-hydrogen) atoms. The van der Waals surface area contributed by atoms with Crippen LogP contribution in [0.15, 0.2) is 76.9 Å². The zero-order chi connectivity index (χ0) is 36.9. The van der Waals surface area contributed by atoms with E-state index in [4.69, 9.17) is 9.47 Å². The minimum atomic E-state index is -4.40. The zero-order valence-corrected chi connectivity index (χ0v) is 29.9. The number of pyridine rings is 1. The SMILES string of the molecule is CCCCC(CCCCCCC(=O)NCCNC(=O)c1ccc(N/N=C/c2ccccc2S(=O)(=O)O)nc1)OC(=O)OCc1ccc(NC)cc1. The molecule has 0 aliphatic carbocycles. The van der Waals surface area contributed by atoms with E-state index in [2.05, 4.69) is 38.4 Å². The highest BCUT2D eigenvalue weighted by atomic mass is 32.2. The van der Waals surface area contributed by atoms with Crippen molar-refractivity contribution in [3.63, 3.8) is 0 Å². The van der Waals surface area contributed by atoms with Crippen LogP contribution in [0, 0.1) is 0 Å². The summed E-state index contributed by atoms with van der Waals surface area (Å²) in [5.74, 6) is -0.136. The van der Waals surface area contributed by atoms with Crippen molar-refractivity contribution < 1.29 is 36.8 Å². The molecule has 5 N–H and O–H groups in total. The third-order valence-electron chi connectivity index (χ3n) is 7.76. The van der Waals surface area contributed by atoms with Gasteiger partial charge in [0.05, 0.1) is 11.8 Å². The van der Waals surface area contributed by atoms with Crippen molar-refractivity contribution in [2.24, 2.45) is 5.10 Å². The fourth-order valence-electron chi connectivity index (χ4n) is 4.94. The van der Waals surface area contributed by atoms with Gasteiger partial charge in [-0.2, -0.15) is 13.5 Å². The first-order valence-corrected chi connectivity index (χ1v) is 18.5. The van der Waals surface area contributed by atoms with Crippen molar-refractivity contribution in [2.75, 3.05) is 30.9 Å². The lowest BCUT2D eigenvalue weighted by Crippen LogP contribution is -2.34. The summed E-state index contributed by atoms with van der Waals surface area (Å²) in [5, 5.41) is 12.5. The maximum atomic E-state index is 12.4. The van der Waals surface area contributed by atoms with Gasteiger partial charge in [0.1, 0.15) is 23.4 Å². The average Bonchev–Trinajstić information content (AvgIpc) is 3.13. The zero-order valence-electron chi connectivity index (χ0n) is 29.1. The Kier molecular flexibility index (Phi) is 17.4. The highest BCUT2D eigenvalue weighted by Gasteiger charge is 2.16. The molecular formula is C36H48N6O8S. The number of nitrogens with zero attached hydrogens (tertiary/aromatic N) is 2. The molecule has 15 heteroatoms. The number of unbranched alkanes of at least 4 members (excludes halogenated alkanes) is 4.